The second kappa shape index (κ2) is 4.65. The van der Waals surface area contributed by atoms with Gasteiger partial charge < -0.3 is 14.6 Å². The molecule has 5 heteroatoms. The Labute approximate surface area is 92.6 Å². The Morgan fingerprint density at radius 2 is 1.81 bits per heavy atom. The van der Waals surface area contributed by atoms with Gasteiger partial charge in [-0.3, -0.25) is 4.79 Å². The highest BCUT2D eigenvalue weighted by Crippen LogP contribution is 2.31. The van der Waals surface area contributed by atoms with Crippen molar-refractivity contribution < 1.29 is 24.2 Å². The van der Waals surface area contributed by atoms with E-state index in [9.17, 15) is 9.59 Å². The van der Waals surface area contributed by atoms with E-state index in [0.717, 1.165) is 0 Å². The standard InChI is InChI=1S/C11H12O5/c1-6-8(15-2)5-4-7(10(6)16-3)9(12)11(13)14/h4-5H,1-3H3,(H,13,14). The third kappa shape index (κ3) is 1.98. The van der Waals surface area contributed by atoms with E-state index >= 15 is 0 Å². The number of carboxylic acids is 1. The van der Waals surface area contributed by atoms with Crippen LogP contribution in [0.15, 0.2) is 12.1 Å². The average Bonchev–Trinajstić information content (AvgIpc) is 2.27. The van der Waals surface area contributed by atoms with Crippen LogP contribution in [-0.4, -0.2) is 31.1 Å². The summed E-state index contributed by atoms with van der Waals surface area (Å²) in [6, 6.07) is 2.91. The predicted octanol–water partition coefficient (Wildman–Crippen LogP) is 1.28. The molecule has 0 amide bonds. The van der Waals surface area contributed by atoms with Gasteiger partial charge in [0.05, 0.1) is 19.8 Å². The first-order chi connectivity index (χ1) is 7.52. The molecule has 5 nitrogen and oxygen atoms in total. The van der Waals surface area contributed by atoms with Gasteiger partial charge in [0, 0.05) is 5.56 Å². The summed E-state index contributed by atoms with van der Waals surface area (Å²) >= 11 is 0. The smallest absolute Gasteiger partial charge is 0.377 e. The second-order valence-electron chi connectivity index (χ2n) is 3.11. The van der Waals surface area contributed by atoms with Crippen LogP contribution in [0.1, 0.15) is 15.9 Å². The summed E-state index contributed by atoms with van der Waals surface area (Å²) < 4.78 is 10.1. The lowest BCUT2D eigenvalue weighted by Crippen LogP contribution is -2.14. The lowest BCUT2D eigenvalue weighted by Gasteiger charge is -2.12. The molecular formula is C11H12O5. The Balaban J connectivity index is 3.37. The molecule has 0 aliphatic carbocycles. The van der Waals surface area contributed by atoms with Gasteiger partial charge in [-0.15, -0.1) is 0 Å². The van der Waals surface area contributed by atoms with Crippen molar-refractivity contribution in [3.8, 4) is 11.5 Å². The zero-order valence-corrected chi connectivity index (χ0v) is 9.23. The lowest BCUT2D eigenvalue weighted by molar-refractivity contribution is -0.131. The first kappa shape index (κ1) is 12.0. The lowest BCUT2D eigenvalue weighted by atomic mass is 10.0. The van der Waals surface area contributed by atoms with Gasteiger partial charge in [-0.2, -0.15) is 0 Å². The normalized spacial score (nSPS) is 9.69. The van der Waals surface area contributed by atoms with Crippen molar-refractivity contribution in [1.29, 1.82) is 0 Å². The molecule has 0 fully saturated rings. The molecule has 0 saturated carbocycles. The van der Waals surface area contributed by atoms with E-state index < -0.39 is 11.8 Å². The number of Topliss-reactive ketones (excluding diaryl/α,β-unsaturated/α-hetero) is 1. The van der Waals surface area contributed by atoms with Crippen LogP contribution in [0.25, 0.3) is 0 Å². The van der Waals surface area contributed by atoms with Crippen LogP contribution in [0.3, 0.4) is 0 Å². The Bertz CT molecular complexity index is 436. The molecule has 0 spiro atoms. The summed E-state index contributed by atoms with van der Waals surface area (Å²) in [5.41, 5.74) is 0.616. The van der Waals surface area contributed by atoms with Crippen molar-refractivity contribution in [2.45, 2.75) is 6.92 Å². The highest BCUT2D eigenvalue weighted by Gasteiger charge is 2.22. The van der Waals surface area contributed by atoms with E-state index in [1.54, 1.807) is 6.92 Å². The molecule has 0 saturated heterocycles. The fourth-order valence-corrected chi connectivity index (χ4v) is 1.45. The van der Waals surface area contributed by atoms with Gasteiger partial charge in [-0.1, -0.05) is 0 Å². The van der Waals surface area contributed by atoms with Gasteiger partial charge in [0.1, 0.15) is 11.5 Å². The van der Waals surface area contributed by atoms with Crippen LogP contribution in [-0.2, 0) is 4.79 Å². The maximum atomic E-state index is 11.4. The van der Waals surface area contributed by atoms with Crippen molar-refractivity contribution in [3.63, 3.8) is 0 Å². The minimum absolute atomic E-state index is 0.0216. The number of ether oxygens (including phenoxy) is 2. The number of benzene rings is 1. The van der Waals surface area contributed by atoms with E-state index in [2.05, 4.69) is 0 Å². The average molecular weight is 224 g/mol. The Morgan fingerprint density at radius 3 is 2.25 bits per heavy atom. The number of carbonyl (C=O) groups excluding carboxylic acids is 1. The first-order valence-electron chi connectivity index (χ1n) is 4.52. The number of hydrogen-bond donors (Lipinski definition) is 1. The monoisotopic (exact) mass is 224 g/mol. The second-order valence-corrected chi connectivity index (χ2v) is 3.11. The number of aliphatic carboxylic acids is 1. The Morgan fingerprint density at radius 1 is 1.19 bits per heavy atom. The van der Waals surface area contributed by atoms with Crippen LogP contribution >= 0.6 is 0 Å². The van der Waals surface area contributed by atoms with Gasteiger partial charge in [0.2, 0.25) is 0 Å². The predicted molar refractivity (Wildman–Crippen MR) is 56.2 cm³/mol. The number of carboxylic acid groups (broad SMARTS) is 1. The maximum Gasteiger partial charge on any atom is 0.377 e. The quantitative estimate of drug-likeness (QED) is 0.616. The summed E-state index contributed by atoms with van der Waals surface area (Å²) in [5, 5.41) is 8.64. The Hall–Kier alpha value is -2.04. The molecule has 0 unspecified atom stereocenters. The minimum atomic E-state index is -1.51. The summed E-state index contributed by atoms with van der Waals surface area (Å²) in [5.74, 6) is -1.74. The van der Waals surface area contributed by atoms with Crippen molar-refractivity contribution in [3.05, 3.63) is 23.3 Å². The van der Waals surface area contributed by atoms with E-state index in [1.807, 2.05) is 0 Å². The summed E-state index contributed by atoms with van der Waals surface area (Å²) in [4.78, 5) is 22.0. The zero-order chi connectivity index (χ0) is 12.3. The van der Waals surface area contributed by atoms with Crippen LogP contribution < -0.4 is 9.47 Å². The zero-order valence-electron chi connectivity index (χ0n) is 9.23. The molecule has 1 N–H and O–H groups in total. The molecule has 0 aliphatic heterocycles. The third-order valence-corrected chi connectivity index (χ3v) is 2.22. The van der Waals surface area contributed by atoms with Gasteiger partial charge in [0.15, 0.2) is 0 Å². The van der Waals surface area contributed by atoms with Gasteiger partial charge in [-0.05, 0) is 19.1 Å². The number of hydrogen-bond acceptors (Lipinski definition) is 4. The van der Waals surface area contributed by atoms with E-state index in [-0.39, 0.29) is 11.3 Å². The van der Waals surface area contributed by atoms with Crippen molar-refractivity contribution in [2.24, 2.45) is 0 Å². The van der Waals surface area contributed by atoms with Crippen LogP contribution in [0.2, 0.25) is 0 Å². The molecule has 0 atom stereocenters. The van der Waals surface area contributed by atoms with E-state index in [0.29, 0.717) is 11.3 Å². The molecule has 0 heterocycles. The maximum absolute atomic E-state index is 11.4. The highest BCUT2D eigenvalue weighted by molar-refractivity contribution is 6.40. The molecule has 0 bridgehead atoms. The molecule has 1 aromatic carbocycles. The fraction of sp³-hybridized carbons (Fsp3) is 0.273. The van der Waals surface area contributed by atoms with Gasteiger partial charge >= 0.3 is 5.97 Å². The molecule has 1 aromatic rings. The van der Waals surface area contributed by atoms with E-state index in [4.69, 9.17) is 14.6 Å². The van der Waals surface area contributed by atoms with Crippen molar-refractivity contribution in [2.75, 3.05) is 14.2 Å². The van der Waals surface area contributed by atoms with Crippen molar-refractivity contribution >= 4 is 11.8 Å². The minimum Gasteiger partial charge on any atom is -0.496 e. The number of ketones is 1. The van der Waals surface area contributed by atoms with Crippen molar-refractivity contribution in [1.82, 2.24) is 0 Å². The van der Waals surface area contributed by atoms with Crippen LogP contribution in [0.4, 0.5) is 0 Å². The highest BCUT2D eigenvalue weighted by atomic mass is 16.5. The summed E-state index contributed by atoms with van der Waals surface area (Å²) in [6.07, 6.45) is 0. The van der Waals surface area contributed by atoms with Crippen LogP contribution in [0.5, 0.6) is 11.5 Å². The number of methoxy groups -OCH3 is 2. The molecular weight excluding hydrogens is 212 g/mol. The Kier molecular flexibility index (Phi) is 3.50. The third-order valence-electron chi connectivity index (χ3n) is 2.22. The fourth-order valence-electron chi connectivity index (χ4n) is 1.45. The van der Waals surface area contributed by atoms with Crippen LogP contribution in [0, 0.1) is 6.92 Å². The molecule has 0 aliphatic rings. The molecule has 1 rings (SSSR count). The first-order valence-corrected chi connectivity index (χ1v) is 4.52. The van der Waals surface area contributed by atoms with Gasteiger partial charge in [-0.25, -0.2) is 4.79 Å². The largest absolute Gasteiger partial charge is 0.496 e. The number of carbonyl (C=O) groups is 2. The topological polar surface area (TPSA) is 72.8 Å². The summed E-state index contributed by atoms with van der Waals surface area (Å²) in [6.45, 7) is 1.69. The molecule has 86 valence electrons. The molecule has 16 heavy (non-hydrogen) atoms. The van der Waals surface area contributed by atoms with Gasteiger partial charge in [0.25, 0.3) is 5.78 Å². The SMILES string of the molecule is COc1ccc(C(=O)C(=O)O)c(OC)c1C. The van der Waals surface area contributed by atoms with E-state index in [1.165, 1.54) is 26.4 Å². The molecule has 0 radical (unpaired) electrons. The number of rotatable bonds is 4. The summed E-state index contributed by atoms with van der Waals surface area (Å²) in [7, 11) is 2.86. The molecule has 0 aromatic heterocycles.